The van der Waals surface area contributed by atoms with Crippen molar-refractivity contribution in [1.29, 1.82) is 0 Å². The molecule has 2 saturated carbocycles. The third-order valence-electron chi connectivity index (χ3n) is 4.65. The SMILES string of the molecule is CC(C)(C)N(CCC(=O)O)C(=O)NC1CC2CCC1C2. The molecule has 5 heteroatoms. The van der Waals surface area contributed by atoms with Crippen LogP contribution < -0.4 is 5.32 Å². The molecule has 0 aromatic rings. The van der Waals surface area contributed by atoms with Gasteiger partial charge in [-0.2, -0.15) is 0 Å². The van der Waals surface area contributed by atoms with E-state index in [4.69, 9.17) is 5.11 Å². The number of fused-ring (bicyclic) bond motifs is 2. The lowest BCUT2D eigenvalue weighted by Gasteiger charge is -2.37. The number of hydrogen-bond donors (Lipinski definition) is 2. The van der Waals surface area contributed by atoms with Crippen molar-refractivity contribution in [2.24, 2.45) is 11.8 Å². The van der Waals surface area contributed by atoms with Gasteiger partial charge in [-0.15, -0.1) is 0 Å². The summed E-state index contributed by atoms with van der Waals surface area (Å²) in [5.41, 5.74) is -0.364. The van der Waals surface area contributed by atoms with Crippen LogP contribution in [-0.2, 0) is 4.79 Å². The van der Waals surface area contributed by atoms with Crippen LogP contribution in [0, 0.1) is 11.8 Å². The molecule has 0 spiro atoms. The van der Waals surface area contributed by atoms with E-state index in [-0.39, 0.29) is 30.6 Å². The van der Waals surface area contributed by atoms with Gasteiger partial charge < -0.3 is 15.3 Å². The van der Waals surface area contributed by atoms with Crippen molar-refractivity contribution >= 4 is 12.0 Å². The number of carboxylic acid groups (broad SMARTS) is 1. The highest BCUT2D eigenvalue weighted by molar-refractivity contribution is 5.76. The van der Waals surface area contributed by atoms with Gasteiger partial charge in [0.25, 0.3) is 0 Å². The topological polar surface area (TPSA) is 69.6 Å². The molecule has 0 heterocycles. The number of carbonyl (C=O) groups is 2. The highest BCUT2D eigenvalue weighted by Crippen LogP contribution is 2.44. The Hall–Kier alpha value is -1.26. The second kappa shape index (κ2) is 5.62. The van der Waals surface area contributed by atoms with E-state index in [1.54, 1.807) is 4.90 Å². The number of urea groups is 1. The Bertz CT molecular complexity index is 389. The zero-order valence-corrected chi connectivity index (χ0v) is 12.7. The zero-order chi connectivity index (χ0) is 14.9. The number of nitrogens with one attached hydrogen (secondary N) is 1. The summed E-state index contributed by atoms with van der Waals surface area (Å²) >= 11 is 0. The number of nitrogens with zero attached hydrogens (tertiary/aromatic N) is 1. The van der Waals surface area contributed by atoms with Crippen LogP contribution in [0.15, 0.2) is 0 Å². The molecule has 0 aromatic carbocycles. The molecule has 2 rings (SSSR count). The Labute approximate surface area is 120 Å². The second-order valence-corrected chi connectivity index (χ2v) is 7.20. The molecule has 0 saturated heterocycles. The first-order chi connectivity index (χ1) is 9.27. The van der Waals surface area contributed by atoms with Crippen LogP contribution in [0.2, 0.25) is 0 Å². The minimum atomic E-state index is -0.869. The first kappa shape index (κ1) is 15.1. The predicted octanol–water partition coefficient (Wildman–Crippen LogP) is 2.46. The van der Waals surface area contributed by atoms with E-state index >= 15 is 0 Å². The number of rotatable bonds is 4. The fourth-order valence-corrected chi connectivity index (χ4v) is 3.61. The first-order valence-electron chi connectivity index (χ1n) is 7.57. The number of aliphatic carboxylic acids is 1. The number of carboxylic acids is 1. The number of amides is 2. The largest absolute Gasteiger partial charge is 0.481 e. The molecule has 0 aliphatic heterocycles. The minimum Gasteiger partial charge on any atom is -0.481 e. The summed E-state index contributed by atoms with van der Waals surface area (Å²) in [4.78, 5) is 24.8. The van der Waals surface area contributed by atoms with Gasteiger partial charge in [-0.05, 0) is 51.9 Å². The lowest BCUT2D eigenvalue weighted by molar-refractivity contribution is -0.137. The van der Waals surface area contributed by atoms with E-state index in [9.17, 15) is 9.59 Å². The molecule has 2 aliphatic carbocycles. The van der Waals surface area contributed by atoms with Gasteiger partial charge in [0.1, 0.15) is 0 Å². The summed E-state index contributed by atoms with van der Waals surface area (Å²) in [5, 5.41) is 12.0. The third-order valence-corrected chi connectivity index (χ3v) is 4.65. The molecular formula is C15H26N2O3. The molecule has 114 valence electrons. The van der Waals surface area contributed by atoms with Crippen molar-refractivity contribution in [3.63, 3.8) is 0 Å². The van der Waals surface area contributed by atoms with Crippen LogP contribution in [0.4, 0.5) is 4.79 Å². The normalized spacial score (nSPS) is 28.4. The minimum absolute atomic E-state index is 0.0125. The number of carbonyl (C=O) groups excluding carboxylic acids is 1. The summed E-state index contributed by atoms with van der Waals surface area (Å²) in [6.07, 6.45) is 4.85. The van der Waals surface area contributed by atoms with Gasteiger partial charge in [-0.25, -0.2) is 4.79 Å². The van der Waals surface area contributed by atoms with Crippen molar-refractivity contribution in [3.05, 3.63) is 0 Å². The van der Waals surface area contributed by atoms with Crippen molar-refractivity contribution in [2.45, 2.75) is 64.5 Å². The Balaban J connectivity index is 1.94. The molecule has 3 unspecified atom stereocenters. The van der Waals surface area contributed by atoms with Gasteiger partial charge in [0, 0.05) is 18.1 Å². The molecule has 0 aromatic heterocycles. The molecule has 20 heavy (non-hydrogen) atoms. The summed E-state index contributed by atoms with van der Waals surface area (Å²) in [7, 11) is 0. The fourth-order valence-electron chi connectivity index (χ4n) is 3.61. The van der Waals surface area contributed by atoms with E-state index in [1.165, 1.54) is 19.3 Å². The van der Waals surface area contributed by atoms with Gasteiger partial charge in [0.2, 0.25) is 0 Å². The van der Waals surface area contributed by atoms with Crippen LogP contribution in [0.25, 0.3) is 0 Å². The van der Waals surface area contributed by atoms with Gasteiger partial charge in [-0.3, -0.25) is 4.79 Å². The van der Waals surface area contributed by atoms with E-state index in [2.05, 4.69) is 5.32 Å². The van der Waals surface area contributed by atoms with Crippen LogP contribution in [0.3, 0.4) is 0 Å². The van der Waals surface area contributed by atoms with Crippen molar-refractivity contribution in [1.82, 2.24) is 10.2 Å². The Kier molecular flexibility index (Phi) is 4.25. The average Bonchev–Trinajstić information content (AvgIpc) is 2.88. The molecule has 2 bridgehead atoms. The molecule has 2 fully saturated rings. The molecule has 0 radical (unpaired) electrons. The lowest BCUT2D eigenvalue weighted by atomic mass is 9.95. The summed E-state index contributed by atoms with van der Waals surface area (Å²) < 4.78 is 0. The maximum atomic E-state index is 12.5. The standard InChI is InChI=1S/C15H26N2O3/c1-15(2,3)17(7-6-13(18)19)14(20)16-12-9-10-4-5-11(12)8-10/h10-12H,4-9H2,1-3H3,(H,16,20)(H,18,19). The maximum absolute atomic E-state index is 12.5. The van der Waals surface area contributed by atoms with E-state index < -0.39 is 5.97 Å². The maximum Gasteiger partial charge on any atom is 0.318 e. The summed E-state index contributed by atoms with van der Waals surface area (Å²) in [6, 6.07) is 0.173. The van der Waals surface area contributed by atoms with Gasteiger partial charge >= 0.3 is 12.0 Å². The van der Waals surface area contributed by atoms with Gasteiger partial charge in [0.15, 0.2) is 0 Å². The Morgan fingerprint density at radius 2 is 1.95 bits per heavy atom. The first-order valence-corrected chi connectivity index (χ1v) is 7.57. The lowest BCUT2D eigenvalue weighted by Crippen LogP contribution is -2.54. The molecular weight excluding hydrogens is 256 g/mol. The van der Waals surface area contributed by atoms with E-state index in [1.807, 2.05) is 20.8 Å². The Morgan fingerprint density at radius 3 is 2.40 bits per heavy atom. The highest BCUT2D eigenvalue weighted by Gasteiger charge is 2.41. The quantitative estimate of drug-likeness (QED) is 0.832. The average molecular weight is 282 g/mol. The molecule has 2 aliphatic rings. The smallest absolute Gasteiger partial charge is 0.318 e. The Morgan fingerprint density at radius 1 is 1.25 bits per heavy atom. The summed E-state index contributed by atoms with van der Waals surface area (Å²) in [6.45, 7) is 6.07. The molecule has 5 nitrogen and oxygen atoms in total. The van der Waals surface area contributed by atoms with E-state index in [0.717, 1.165) is 12.3 Å². The van der Waals surface area contributed by atoms with Crippen LogP contribution in [-0.4, -0.2) is 40.1 Å². The fraction of sp³-hybridized carbons (Fsp3) is 0.867. The van der Waals surface area contributed by atoms with Crippen LogP contribution in [0.5, 0.6) is 0 Å². The molecule has 2 amide bonds. The number of hydrogen-bond acceptors (Lipinski definition) is 2. The van der Waals surface area contributed by atoms with Crippen molar-refractivity contribution < 1.29 is 14.7 Å². The second-order valence-electron chi connectivity index (χ2n) is 7.20. The zero-order valence-electron chi connectivity index (χ0n) is 12.7. The van der Waals surface area contributed by atoms with Gasteiger partial charge in [0.05, 0.1) is 6.42 Å². The third kappa shape index (κ3) is 3.44. The van der Waals surface area contributed by atoms with Crippen molar-refractivity contribution in [3.8, 4) is 0 Å². The molecule has 3 atom stereocenters. The van der Waals surface area contributed by atoms with Crippen molar-refractivity contribution in [2.75, 3.05) is 6.54 Å². The predicted molar refractivity (Wildman–Crippen MR) is 76.5 cm³/mol. The monoisotopic (exact) mass is 282 g/mol. The molecule has 2 N–H and O–H groups in total. The van der Waals surface area contributed by atoms with Gasteiger partial charge in [-0.1, -0.05) is 6.42 Å². The van der Waals surface area contributed by atoms with Crippen LogP contribution >= 0.6 is 0 Å². The highest BCUT2D eigenvalue weighted by atomic mass is 16.4. The van der Waals surface area contributed by atoms with E-state index in [0.29, 0.717) is 5.92 Å². The van der Waals surface area contributed by atoms with Crippen LogP contribution in [0.1, 0.15) is 52.9 Å². The summed E-state index contributed by atoms with van der Waals surface area (Å²) in [5.74, 6) is 0.546.